The topological polar surface area (TPSA) is 31.2 Å². The number of esters is 1. The van der Waals surface area contributed by atoms with Crippen molar-refractivity contribution in [2.45, 2.75) is 13.3 Å². The minimum absolute atomic E-state index is 0.308. The number of halogens is 2. The lowest BCUT2D eigenvalue weighted by Gasteiger charge is -2.11. The van der Waals surface area contributed by atoms with E-state index in [2.05, 4.69) is 10.6 Å². The van der Waals surface area contributed by atoms with Crippen LogP contribution in [0, 0.1) is 6.92 Å². The Kier molecular flexibility index (Phi) is 4.85. The van der Waals surface area contributed by atoms with E-state index >= 15 is 0 Å². The molecule has 2 radical (unpaired) electrons. The van der Waals surface area contributed by atoms with Crippen LogP contribution in [-0.2, 0) is 18.2 Å². The Morgan fingerprint density at radius 2 is 1.96 bits per heavy atom. The number of fused-ring (bicyclic) bond motifs is 1. The molecule has 1 heterocycles. The van der Waals surface area contributed by atoms with Crippen molar-refractivity contribution in [3.05, 3.63) is 62.8 Å². The molecule has 0 fully saturated rings. The maximum atomic E-state index is 11.9. The minimum Gasteiger partial charge on any atom is -0.465 e. The predicted octanol–water partition coefficient (Wildman–Crippen LogP) is 3.96. The van der Waals surface area contributed by atoms with Crippen molar-refractivity contribution in [1.82, 2.24) is 4.57 Å². The zero-order chi connectivity index (χ0) is 18.3. The molecule has 0 spiro atoms. The Bertz CT molecular complexity index is 995. The molecule has 0 aliphatic carbocycles. The summed E-state index contributed by atoms with van der Waals surface area (Å²) in [6.45, 7) is 2.03. The molecule has 3 nitrogen and oxygen atoms in total. The summed E-state index contributed by atoms with van der Waals surface area (Å²) < 4.78 is 6.84. The second-order valence-corrected chi connectivity index (χ2v) is 6.81. The van der Waals surface area contributed by atoms with Gasteiger partial charge in [-0.05, 0) is 42.3 Å². The number of hydrogen-bond acceptors (Lipinski definition) is 2. The van der Waals surface area contributed by atoms with Crippen LogP contribution in [0.25, 0.3) is 10.9 Å². The maximum absolute atomic E-state index is 11.9. The highest BCUT2D eigenvalue weighted by molar-refractivity contribution is 6.38. The molecule has 0 saturated heterocycles. The molecule has 0 N–H and O–H groups in total. The third-order valence-electron chi connectivity index (χ3n) is 4.44. The molecule has 0 aliphatic rings. The molecule has 0 atom stereocenters. The van der Waals surface area contributed by atoms with Gasteiger partial charge in [0, 0.05) is 35.1 Å². The smallest absolute Gasteiger partial charge is 0.339 e. The van der Waals surface area contributed by atoms with Gasteiger partial charge >= 0.3 is 5.97 Å². The fourth-order valence-electron chi connectivity index (χ4n) is 3.07. The van der Waals surface area contributed by atoms with Crippen molar-refractivity contribution in [3.63, 3.8) is 0 Å². The summed E-state index contributed by atoms with van der Waals surface area (Å²) in [5, 5.41) is 1.96. The van der Waals surface area contributed by atoms with E-state index in [1.165, 1.54) is 7.11 Å². The van der Waals surface area contributed by atoms with Gasteiger partial charge in [-0.3, -0.25) is 0 Å². The van der Waals surface area contributed by atoms with E-state index in [0.717, 1.165) is 27.6 Å². The van der Waals surface area contributed by atoms with E-state index < -0.39 is 5.97 Å². The van der Waals surface area contributed by atoms with Gasteiger partial charge in [-0.1, -0.05) is 34.7 Å². The normalized spacial score (nSPS) is 11.1. The van der Waals surface area contributed by atoms with E-state index in [4.69, 9.17) is 35.8 Å². The van der Waals surface area contributed by atoms with Crippen LogP contribution in [0.1, 0.15) is 27.2 Å². The average molecular weight is 372 g/mol. The zero-order valence-corrected chi connectivity index (χ0v) is 15.7. The predicted molar refractivity (Wildman–Crippen MR) is 104 cm³/mol. The number of nitrogens with zero attached hydrogens (tertiary/aromatic N) is 1. The molecule has 1 aromatic heterocycles. The number of carbonyl (C=O) groups excluding carboxylic acids is 1. The van der Waals surface area contributed by atoms with E-state index in [1.54, 1.807) is 12.1 Å². The largest absolute Gasteiger partial charge is 0.465 e. The molecule has 6 heteroatoms. The van der Waals surface area contributed by atoms with Crippen LogP contribution in [0.2, 0.25) is 10.0 Å². The first-order chi connectivity index (χ1) is 11.8. The van der Waals surface area contributed by atoms with Gasteiger partial charge in [0.2, 0.25) is 0 Å². The van der Waals surface area contributed by atoms with Crippen molar-refractivity contribution >= 4 is 53.4 Å². The molecule has 0 saturated carbocycles. The highest BCUT2D eigenvalue weighted by atomic mass is 35.5. The summed E-state index contributed by atoms with van der Waals surface area (Å²) in [6.07, 6.45) is 0.493. The summed E-state index contributed by atoms with van der Waals surface area (Å²) in [5.41, 5.74) is 4.91. The molecule has 25 heavy (non-hydrogen) atoms. The number of hydrogen-bond donors (Lipinski definition) is 0. The van der Waals surface area contributed by atoms with Crippen LogP contribution in [0.5, 0.6) is 0 Å². The third kappa shape index (κ3) is 3.16. The summed E-state index contributed by atoms with van der Waals surface area (Å²) >= 11 is 12.8. The molecule has 0 unspecified atom stereocenters. The monoisotopic (exact) mass is 371 g/mol. The molecule has 2 aromatic carbocycles. The number of aryl methyl sites for hydroxylation is 2. The van der Waals surface area contributed by atoms with Gasteiger partial charge < -0.3 is 9.30 Å². The van der Waals surface area contributed by atoms with Crippen molar-refractivity contribution < 1.29 is 9.53 Å². The van der Waals surface area contributed by atoms with Gasteiger partial charge in [0.1, 0.15) is 7.85 Å². The average Bonchev–Trinajstić information content (AvgIpc) is 2.88. The van der Waals surface area contributed by atoms with Crippen molar-refractivity contribution in [3.8, 4) is 0 Å². The molecule has 3 rings (SSSR count). The molecule has 0 bridgehead atoms. The molecule has 0 amide bonds. The van der Waals surface area contributed by atoms with E-state index in [1.807, 2.05) is 26.1 Å². The Hall–Kier alpha value is -1.91. The summed E-state index contributed by atoms with van der Waals surface area (Å²) in [6, 6.07) is 9.23. The highest BCUT2D eigenvalue weighted by Gasteiger charge is 2.18. The van der Waals surface area contributed by atoms with Crippen molar-refractivity contribution in [1.29, 1.82) is 0 Å². The first-order valence-corrected chi connectivity index (χ1v) is 8.48. The summed E-state index contributed by atoms with van der Waals surface area (Å²) in [7, 11) is 9.26. The second kappa shape index (κ2) is 6.78. The maximum Gasteiger partial charge on any atom is 0.339 e. The number of benzene rings is 2. The summed E-state index contributed by atoms with van der Waals surface area (Å²) in [5.74, 6) is -0.483. The Balaban J connectivity index is 2.12. The van der Waals surface area contributed by atoms with Crippen molar-refractivity contribution in [2.24, 2.45) is 7.05 Å². The molecule has 126 valence electrons. The van der Waals surface area contributed by atoms with Crippen molar-refractivity contribution in [2.75, 3.05) is 7.11 Å². The fraction of sp³-hybridized carbons (Fsp3) is 0.211. The number of aromatic nitrogens is 1. The van der Waals surface area contributed by atoms with Gasteiger partial charge in [-0.2, -0.15) is 0 Å². The number of carbonyl (C=O) groups is 1. The lowest BCUT2D eigenvalue weighted by Crippen LogP contribution is -2.06. The second-order valence-electron chi connectivity index (χ2n) is 6.02. The first-order valence-electron chi connectivity index (χ1n) is 7.73. The van der Waals surface area contributed by atoms with Gasteiger partial charge in [0.15, 0.2) is 0 Å². The lowest BCUT2D eigenvalue weighted by molar-refractivity contribution is 0.0601. The van der Waals surface area contributed by atoms with E-state index in [-0.39, 0.29) is 0 Å². The van der Waals surface area contributed by atoms with Gasteiger partial charge in [0.05, 0.1) is 17.7 Å². The Labute approximate surface area is 157 Å². The standard InChI is InChI=1S/C19H16BCl2NO2/c1-10-6-11(20)7-17-14(10)8-12(23(17)2)9-15-16(21)5-4-13(18(15)22)19(24)25-3/h4-8H,9H2,1-3H3. The Morgan fingerprint density at radius 1 is 1.24 bits per heavy atom. The Morgan fingerprint density at radius 3 is 2.64 bits per heavy atom. The molecule has 0 aliphatic heterocycles. The molecule has 3 aromatic rings. The quantitative estimate of drug-likeness (QED) is 0.515. The third-order valence-corrected chi connectivity index (χ3v) is 5.23. The summed E-state index contributed by atoms with van der Waals surface area (Å²) in [4.78, 5) is 11.9. The lowest BCUT2D eigenvalue weighted by atomic mass is 9.93. The van der Waals surface area contributed by atoms with E-state index in [9.17, 15) is 4.79 Å². The highest BCUT2D eigenvalue weighted by Crippen LogP contribution is 2.32. The van der Waals surface area contributed by atoms with Crippen LogP contribution in [0.3, 0.4) is 0 Å². The van der Waals surface area contributed by atoms with Crippen LogP contribution in [0.4, 0.5) is 0 Å². The molecular formula is C19H16BCl2NO2. The zero-order valence-electron chi connectivity index (χ0n) is 14.2. The van der Waals surface area contributed by atoms with Crippen LogP contribution >= 0.6 is 23.2 Å². The fourth-order valence-corrected chi connectivity index (χ4v) is 3.65. The SMILES string of the molecule is [B]c1cc(C)c2cc(Cc3c(Cl)ccc(C(=O)OC)c3Cl)n(C)c2c1. The van der Waals surface area contributed by atoms with Gasteiger partial charge in [-0.15, -0.1) is 0 Å². The minimum atomic E-state index is -0.483. The van der Waals surface area contributed by atoms with E-state index in [0.29, 0.717) is 27.6 Å². The van der Waals surface area contributed by atoms with Crippen LogP contribution in [0.15, 0.2) is 30.3 Å². The van der Waals surface area contributed by atoms with Gasteiger partial charge in [0.25, 0.3) is 0 Å². The number of methoxy groups -OCH3 is 1. The number of ether oxygens (including phenoxy) is 1. The first kappa shape index (κ1) is 17.9. The number of rotatable bonds is 3. The van der Waals surface area contributed by atoms with Gasteiger partial charge in [-0.25, -0.2) is 4.79 Å². The van der Waals surface area contributed by atoms with Crippen LogP contribution in [-0.4, -0.2) is 25.5 Å². The molecular weight excluding hydrogens is 356 g/mol. The van der Waals surface area contributed by atoms with Crippen LogP contribution < -0.4 is 5.46 Å².